The lowest BCUT2D eigenvalue weighted by atomic mass is 9.65. The molecule has 1 aliphatic carbocycles. The van der Waals surface area contributed by atoms with E-state index in [-0.39, 0.29) is 5.41 Å². The summed E-state index contributed by atoms with van der Waals surface area (Å²) in [5.41, 5.74) is -0.334. The molecule has 0 amide bonds. The van der Waals surface area contributed by atoms with Crippen molar-refractivity contribution in [2.45, 2.75) is 25.6 Å². The van der Waals surface area contributed by atoms with Crippen LogP contribution in [0, 0.1) is 16.7 Å². The summed E-state index contributed by atoms with van der Waals surface area (Å²) < 4.78 is 10.9. The molecule has 2 aliphatic rings. The first-order valence-electron chi connectivity index (χ1n) is 4.57. The van der Waals surface area contributed by atoms with Gasteiger partial charge in [-0.1, -0.05) is 12.2 Å². The topological polar surface area (TPSA) is 42.2 Å². The van der Waals surface area contributed by atoms with Crippen molar-refractivity contribution in [1.29, 1.82) is 5.26 Å². The zero-order valence-electron chi connectivity index (χ0n) is 7.75. The van der Waals surface area contributed by atoms with Crippen LogP contribution in [0.2, 0.25) is 0 Å². The van der Waals surface area contributed by atoms with E-state index in [2.05, 4.69) is 6.07 Å². The number of allylic oxidation sites excluding steroid dienone is 2. The first-order chi connectivity index (χ1) is 6.24. The summed E-state index contributed by atoms with van der Waals surface area (Å²) >= 11 is 0. The Balaban J connectivity index is 2.05. The van der Waals surface area contributed by atoms with Gasteiger partial charge < -0.3 is 9.47 Å². The Labute approximate surface area is 77.9 Å². The number of ether oxygens (including phenoxy) is 2. The van der Waals surface area contributed by atoms with Crippen molar-refractivity contribution in [3.05, 3.63) is 12.2 Å². The molecule has 13 heavy (non-hydrogen) atoms. The van der Waals surface area contributed by atoms with E-state index < -0.39 is 5.79 Å². The number of nitrogens with zero attached hydrogens (tertiary/aromatic N) is 1. The van der Waals surface area contributed by atoms with Crippen LogP contribution in [-0.2, 0) is 9.47 Å². The average Bonchev–Trinajstić information content (AvgIpc) is 2.52. The molecule has 2 fully saturated rings. The van der Waals surface area contributed by atoms with Crippen molar-refractivity contribution >= 4 is 0 Å². The lowest BCUT2D eigenvalue weighted by molar-refractivity contribution is -0.237. The number of nitriles is 1. The van der Waals surface area contributed by atoms with Crippen molar-refractivity contribution in [3.8, 4) is 6.07 Å². The van der Waals surface area contributed by atoms with Crippen LogP contribution in [0.1, 0.15) is 19.8 Å². The van der Waals surface area contributed by atoms with E-state index in [4.69, 9.17) is 14.7 Å². The Morgan fingerprint density at radius 2 is 1.92 bits per heavy atom. The van der Waals surface area contributed by atoms with Crippen molar-refractivity contribution < 1.29 is 9.47 Å². The van der Waals surface area contributed by atoms with Gasteiger partial charge in [0.15, 0.2) is 5.79 Å². The molecule has 0 atom stereocenters. The first kappa shape index (κ1) is 8.74. The Morgan fingerprint density at radius 3 is 2.38 bits per heavy atom. The number of rotatable bonds is 1. The molecule has 1 saturated heterocycles. The second-order valence-electron chi connectivity index (χ2n) is 3.73. The van der Waals surface area contributed by atoms with E-state index in [0.29, 0.717) is 26.1 Å². The molecule has 3 nitrogen and oxygen atoms in total. The van der Waals surface area contributed by atoms with E-state index in [1.54, 1.807) is 0 Å². The maximum Gasteiger partial charge on any atom is 0.172 e. The van der Waals surface area contributed by atoms with Crippen LogP contribution < -0.4 is 0 Å². The van der Waals surface area contributed by atoms with Gasteiger partial charge >= 0.3 is 0 Å². The molecule has 1 saturated carbocycles. The van der Waals surface area contributed by atoms with Crippen LogP contribution in [0.25, 0.3) is 0 Å². The molecule has 1 spiro atoms. The summed E-state index contributed by atoms with van der Waals surface area (Å²) in [6.07, 6.45) is 5.23. The molecule has 2 rings (SSSR count). The molecule has 0 aromatic carbocycles. The summed E-state index contributed by atoms with van der Waals surface area (Å²) in [6.45, 7) is 3.26. The second kappa shape index (κ2) is 2.83. The Bertz CT molecular complexity index is 263. The highest BCUT2D eigenvalue weighted by atomic mass is 16.7. The standard InChI is InChI=1S/C10H13NO2/c1-2-3-9(8-11)6-10(7-9)12-4-5-13-10/h2-3H,4-7H2,1H3/b3-2+. The van der Waals surface area contributed by atoms with Gasteiger partial charge in [0.1, 0.15) is 0 Å². The van der Waals surface area contributed by atoms with Crippen molar-refractivity contribution in [1.82, 2.24) is 0 Å². The summed E-state index contributed by atoms with van der Waals surface area (Å²) in [7, 11) is 0. The molecule has 1 heterocycles. The SMILES string of the molecule is C/C=C/C1(C#N)CC2(C1)OCCO2. The molecule has 0 unspecified atom stereocenters. The zero-order chi connectivity index (χ0) is 9.36. The van der Waals surface area contributed by atoms with E-state index in [0.717, 1.165) is 0 Å². The van der Waals surface area contributed by atoms with Crippen LogP contribution in [-0.4, -0.2) is 19.0 Å². The predicted octanol–water partition coefficient (Wildman–Crippen LogP) is 1.61. The fourth-order valence-electron chi connectivity index (χ4n) is 2.16. The van der Waals surface area contributed by atoms with Gasteiger partial charge in [0, 0.05) is 12.8 Å². The fraction of sp³-hybridized carbons (Fsp3) is 0.700. The molecule has 70 valence electrons. The predicted molar refractivity (Wildman–Crippen MR) is 46.7 cm³/mol. The molecule has 3 heteroatoms. The minimum absolute atomic E-state index is 0.334. The Morgan fingerprint density at radius 1 is 1.31 bits per heavy atom. The van der Waals surface area contributed by atoms with E-state index in [9.17, 15) is 0 Å². The third-order valence-corrected chi connectivity index (χ3v) is 2.69. The minimum atomic E-state index is -0.421. The second-order valence-corrected chi connectivity index (χ2v) is 3.73. The zero-order valence-corrected chi connectivity index (χ0v) is 7.75. The molecular formula is C10H13NO2. The van der Waals surface area contributed by atoms with Gasteiger partial charge in [-0.05, 0) is 6.92 Å². The van der Waals surface area contributed by atoms with E-state index in [1.165, 1.54) is 0 Å². The summed E-state index contributed by atoms with van der Waals surface area (Å²) in [4.78, 5) is 0. The molecular weight excluding hydrogens is 166 g/mol. The molecule has 0 bridgehead atoms. The molecule has 0 radical (unpaired) electrons. The Kier molecular flexibility index (Phi) is 1.90. The quantitative estimate of drug-likeness (QED) is 0.574. The highest BCUT2D eigenvalue weighted by molar-refractivity contribution is 5.22. The molecule has 0 aromatic heterocycles. The maximum absolute atomic E-state index is 9.00. The van der Waals surface area contributed by atoms with E-state index >= 15 is 0 Å². The molecule has 0 N–H and O–H groups in total. The first-order valence-corrected chi connectivity index (χ1v) is 4.57. The molecule has 0 aromatic rings. The van der Waals surface area contributed by atoms with Crippen molar-refractivity contribution in [2.75, 3.05) is 13.2 Å². The third-order valence-electron chi connectivity index (χ3n) is 2.69. The third kappa shape index (κ3) is 1.27. The van der Waals surface area contributed by atoms with Gasteiger partial charge in [0.25, 0.3) is 0 Å². The summed E-state index contributed by atoms with van der Waals surface area (Å²) in [5, 5.41) is 9.00. The largest absolute Gasteiger partial charge is 0.347 e. The van der Waals surface area contributed by atoms with Crippen molar-refractivity contribution in [2.24, 2.45) is 5.41 Å². The van der Waals surface area contributed by atoms with Gasteiger partial charge in [-0.2, -0.15) is 5.26 Å². The lowest BCUT2D eigenvalue weighted by Gasteiger charge is -2.46. The van der Waals surface area contributed by atoms with Gasteiger partial charge in [-0.3, -0.25) is 0 Å². The normalized spacial score (nSPS) is 28.9. The number of hydrogen-bond acceptors (Lipinski definition) is 3. The summed E-state index contributed by atoms with van der Waals surface area (Å²) in [5.74, 6) is -0.421. The van der Waals surface area contributed by atoms with Crippen LogP contribution in [0.15, 0.2) is 12.2 Å². The van der Waals surface area contributed by atoms with Gasteiger partial charge in [0.05, 0.1) is 24.7 Å². The smallest absolute Gasteiger partial charge is 0.172 e. The molecule has 1 aliphatic heterocycles. The van der Waals surface area contributed by atoms with Gasteiger partial charge in [-0.15, -0.1) is 0 Å². The number of hydrogen-bond donors (Lipinski definition) is 0. The monoisotopic (exact) mass is 179 g/mol. The highest BCUT2D eigenvalue weighted by Crippen LogP contribution is 2.53. The van der Waals surface area contributed by atoms with Gasteiger partial charge in [-0.25, -0.2) is 0 Å². The maximum atomic E-state index is 9.00. The van der Waals surface area contributed by atoms with Crippen LogP contribution in [0.4, 0.5) is 0 Å². The van der Waals surface area contributed by atoms with Crippen molar-refractivity contribution in [3.63, 3.8) is 0 Å². The summed E-state index contributed by atoms with van der Waals surface area (Å²) in [6, 6.07) is 2.32. The minimum Gasteiger partial charge on any atom is -0.347 e. The Hall–Kier alpha value is -0.850. The highest BCUT2D eigenvalue weighted by Gasteiger charge is 2.57. The average molecular weight is 179 g/mol. The van der Waals surface area contributed by atoms with Crippen LogP contribution in [0.5, 0.6) is 0 Å². The lowest BCUT2D eigenvalue weighted by Crippen LogP contribution is -2.51. The van der Waals surface area contributed by atoms with Crippen LogP contribution >= 0.6 is 0 Å². The van der Waals surface area contributed by atoms with Gasteiger partial charge in [0.2, 0.25) is 0 Å². The fourth-order valence-corrected chi connectivity index (χ4v) is 2.16. The van der Waals surface area contributed by atoms with Crippen LogP contribution in [0.3, 0.4) is 0 Å². The van der Waals surface area contributed by atoms with E-state index in [1.807, 2.05) is 19.1 Å².